The van der Waals surface area contributed by atoms with Crippen LogP contribution in [0.25, 0.3) is 0 Å². The number of rotatable bonds is 3. The zero-order valence-electron chi connectivity index (χ0n) is 8.80. The first-order chi connectivity index (χ1) is 7.66. The third-order valence-electron chi connectivity index (χ3n) is 2.82. The molecule has 0 radical (unpaired) electrons. The predicted octanol–water partition coefficient (Wildman–Crippen LogP) is 2.34. The molecule has 1 aromatic rings. The van der Waals surface area contributed by atoms with E-state index in [9.17, 15) is 9.18 Å². The third kappa shape index (κ3) is 2.60. The minimum atomic E-state index is -0.355. The Bertz CT molecular complexity index is 402. The number of hydrogen-bond donors (Lipinski definition) is 1. The number of ketones is 1. The summed E-state index contributed by atoms with van der Waals surface area (Å²) in [6.45, 7) is 0.882. The lowest BCUT2D eigenvalue weighted by Gasteiger charge is -2.09. The minimum absolute atomic E-state index is 0.0839. The maximum atomic E-state index is 13.0. The number of carbonyl (C=O) groups is 1. The summed E-state index contributed by atoms with van der Waals surface area (Å²) in [6.07, 6.45) is 2.09. The standard InChI is InChI=1S/C12H13ClFNO/c13-10-4-3-9(14)6-8(10)7-12(16)11-2-1-5-15-11/h3-4,6,11,15H,1-2,5,7H2. The van der Waals surface area contributed by atoms with Gasteiger partial charge in [0.25, 0.3) is 0 Å². The van der Waals surface area contributed by atoms with Gasteiger partial charge in [0.1, 0.15) is 5.82 Å². The van der Waals surface area contributed by atoms with E-state index in [0.717, 1.165) is 19.4 Å². The van der Waals surface area contributed by atoms with Crippen LogP contribution in [-0.4, -0.2) is 18.4 Å². The molecule has 1 aliphatic heterocycles. The van der Waals surface area contributed by atoms with Gasteiger partial charge >= 0.3 is 0 Å². The molecule has 1 atom stereocenters. The van der Waals surface area contributed by atoms with Gasteiger partial charge < -0.3 is 5.32 Å². The van der Waals surface area contributed by atoms with Crippen LogP contribution < -0.4 is 5.32 Å². The molecule has 0 amide bonds. The van der Waals surface area contributed by atoms with E-state index >= 15 is 0 Å². The Labute approximate surface area is 98.8 Å². The summed E-state index contributed by atoms with van der Waals surface area (Å²) in [6, 6.07) is 4.03. The summed E-state index contributed by atoms with van der Waals surface area (Å²) < 4.78 is 13.0. The number of Topliss-reactive ketones (excluding diaryl/α,β-unsaturated/α-hetero) is 1. The van der Waals surface area contributed by atoms with Crippen molar-refractivity contribution in [1.29, 1.82) is 0 Å². The van der Waals surface area contributed by atoms with Crippen molar-refractivity contribution in [3.8, 4) is 0 Å². The molecule has 0 saturated carbocycles. The van der Waals surface area contributed by atoms with Crippen molar-refractivity contribution in [1.82, 2.24) is 5.32 Å². The van der Waals surface area contributed by atoms with Crippen LogP contribution in [0.4, 0.5) is 4.39 Å². The molecule has 0 bridgehead atoms. The van der Waals surface area contributed by atoms with E-state index in [2.05, 4.69) is 5.32 Å². The summed E-state index contributed by atoms with van der Waals surface area (Å²) in [5, 5.41) is 3.58. The van der Waals surface area contributed by atoms with E-state index in [1.165, 1.54) is 18.2 Å². The van der Waals surface area contributed by atoms with Gasteiger partial charge in [0.05, 0.1) is 6.04 Å². The van der Waals surface area contributed by atoms with Gasteiger partial charge in [0, 0.05) is 11.4 Å². The maximum Gasteiger partial charge on any atom is 0.154 e. The van der Waals surface area contributed by atoms with E-state index in [1.807, 2.05) is 0 Å². The Balaban J connectivity index is 2.07. The molecule has 1 aromatic carbocycles. The van der Waals surface area contributed by atoms with Gasteiger partial charge in [-0.2, -0.15) is 0 Å². The molecule has 0 aliphatic carbocycles. The summed E-state index contributed by atoms with van der Waals surface area (Å²) >= 11 is 5.91. The molecule has 1 aliphatic rings. The van der Waals surface area contributed by atoms with Gasteiger partial charge in [-0.05, 0) is 43.1 Å². The molecular weight excluding hydrogens is 229 g/mol. The van der Waals surface area contributed by atoms with Crippen molar-refractivity contribution in [2.75, 3.05) is 6.54 Å². The smallest absolute Gasteiger partial charge is 0.154 e. The highest BCUT2D eigenvalue weighted by Gasteiger charge is 2.22. The van der Waals surface area contributed by atoms with Gasteiger partial charge in [-0.1, -0.05) is 11.6 Å². The van der Waals surface area contributed by atoms with Crippen molar-refractivity contribution >= 4 is 17.4 Å². The van der Waals surface area contributed by atoms with E-state index in [-0.39, 0.29) is 24.1 Å². The molecule has 1 fully saturated rings. The van der Waals surface area contributed by atoms with Crippen molar-refractivity contribution < 1.29 is 9.18 Å². The van der Waals surface area contributed by atoms with E-state index in [1.54, 1.807) is 0 Å². The number of halogens is 2. The molecule has 4 heteroatoms. The van der Waals surface area contributed by atoms with Crippen LogP contribution in [-0.2, 0) is 11.2 Å². The summed E-state index contributed by atoms with van der Waals surface area (Å²) in [7, 11) is 0. The fourth-order valence-corrected chi connectivity index (χ4v) is 2.13. The van der Waals surface area contributed by atoms with Gasteiger partial charge in [-0.15, -0.1) is 0 Å². The van der Waals surface area contributed by atoms with Crippen LogP contribution in [0.5, 0.6) is 0 Å². The largest absolute Gasteiger partial charge is 0.307 e. The summed E-state index contributed by atoms with van der Waals surface area (Å²) in [5.74, 6) is -0.267. The zero-order chi connectivity index (χ0) is 11.5. The quantitative estimate of drug-likeness (QED) is 0.880. The van der Waals surface area contributed by atoms with Gasteiger partial charge in [0.15, 0.2) is 5.78 Å². The Morgan fingerprint density at radius 3 is 3.06 bits per heavy atom. The molecular formula is C12H13ClFNO. The Kier molecular flexibility index (Phi) is 3.56. The van der Waals surface area contributed by atoms with Gasteiger partial charge in [-0.3, -0.25) is 4.79 Å². The molecule has 2 rings (SSSR count). The molecule has 1 saturated heterocycles. The monoisotopic (exact) mass is 241 g/mol. The molecule has 2 nitrogen and oxygen atoms in total. The van der Waals surface area contributed by atoms with Gasteiger partial charge in [0.2, 0.25) is 0 Å². The van der Waals surface area contributed by atoms with Crippen molar-refractivity contribution in [2.45, 2.75) is 25.3 Å². The van der Waals surface area contributed by atoms with Crippen LogP contribution in [0.1, 0.15) is 18.4 Å². The van der Waals surface area contributed by atoms with E-state index in [0.29, 0.717) is 10.6 Å². The molecule has 1 unspecified atom stereocenters. The summed E-state index contributed by atoms with van der Waals surface area (Å²) in [4.78, 5) is 11.8. The first-order valence-electron chi connectivity index (χ1n) is 5.37. The molecule has 0 spiro atoms. The second-order valence-electron chi connectivity index (χ2n) is 4.03. The van der Waals surface area contributed by atoms with Crippen molar-refractivity contribution in [3.63, 3.8) is 0 Å². The van der Waals surface area contributed by atoms with Crippen molar-refractivity contribution in [3.05, 3.63) is 34.6 Å². The first kappa shape index (κ1) is 11.6. The lowest BCUT2D eigenvalue weighted by atomic mass is 10.0. The fraction of sp³-hybridized carbons (Fsp3) is 0.417. The average Bonchev–Trinajstić information content (AvgIpc) is 2.76. The highest BCUT2D eigenvalue weighted by Crippen LogP contribution is 2.19. The highest BCUT2D eigenvalue weighted by molar-refractivity contribution is 6.31. The van der Waals surface area contributed by atoms with Crippen LogP contribution in [0.2, 0.25) is 5.02 Å². The topological polar surface area (TPSA) is 29.1 Å². The maximum absolute atomic E-state index is 13.0. The Hall–Kier alpha value is -0.930. The lowest BCUT2D eigenvalue weighted by molar-refractivity contribution is -0.120. The first-order valence-corrected chi connectivity index (χ1v) is 5.74. The number of hydrogen-bond acceptors (Lipinski definition) is 2. The number of carbonyl (C=O) groups excluding carboxylic acids is 1. The Morgan fingerprint density at radius 2 is 2.38 bits per heavy atom. The molecule has 16 heavy (non-hydrogen) atoms. The van der Waals surface area contributed by atoms with Crippen LogP contribution >= 0.6 is 11.6 Å². The Morgan fingerprint density at radius 1 is 1.56 bits per heavy atom. The summed E-state index contributed by atoms with van der Waals surface area (Å²) in [5.41, 5.74) is 0.570. The lowest BCUT2D eigenvalue weighted by Crippen LogP contribution is -2.31. The van der Waals surface area contributed by atoms with Gasteiger partial charge in [-0.25, -0.2) is 4.39 Å². The second-order valence-corrected chi connectivity index (χ2v) is 4.43. The minimum Gasteiger partial charge on any atom is -0.307 e. The second kappa shape index (κ2) is 4.93. The number of nitrogens with one attached hydrogen (secondary N) is 1. The molecule has 0 aromatic heterocycles. The number of benzene rings is 1. The van der Waals surface area contributed by atoms with E-state index < -0.39 is 0 Å². The highest BCUT2D eigenvalue weighted by atomic mass is 35.5. The van der Waals surface area contributed by atoms with Crippen molar-refractivity contribution in [2.24, 2.45) is 0 Å². The molecule has 86 valence electrons. The van der Waals surface area contributed by atoms with Crippen LogP contribution in [0.15, 0.2) is 18.2 Å². The third-order valence-corrected chi connectivity index (χ3v) is 3.19. The predicted molar refractivity (Wildman–Crippen MR) is 61.1 cm³/mol. The average molecular weight is 242 g/mol. The molecule has 1 heterocycles. The van der Waals surface area contributed by atoms with Crippen LogP contribution in [0.3, 0.4) is 0 Å². The zero-order valence-corrected chi connectivity index (χ0v) is 9.56. The van der Waals surface area contributed by atoms with Crippen LogP contribution in [0, 0.1) is 5.82 Å². The normalized spacial score (nSPS) is 20.0. The molecule has 1 N–H and O–H groups in total. The fourth-order valence-electron chi connectivity index (χ4n) is 1.95. The SMILES string of the molecule is O=C(Cc1cc(F)ccc1Cl)C1CCCN1. The van der Waals surface area contributed by atoms with E-state index in [4.69, 9.17) is 11.6 Å².